The Kier molecular flexibility index (Phi) is 4.67. The predicted molar refractivity (Wildman–Crippen MR) is 65.8 cm³/mol. The molecule has 0 saturated carbocycles. The highest BCUT2D eigenvalue weighted by atomic mass is 79.9. The maximum absolute atomic E-state index is 11.8. The number of thiophene rings is 1. The van der Waals surface area contributed by atoms with Crippen molar-refractivity contribution in [3.63, 3.8) is 0 Å². The standard InChI is InChI=1S/C8H10BrNO5S2/c1-4(3-11)10-17(14,15)6-2-5(8(12)13)16-7(6)9/h2,4,10-11H,3H2,1H3,(H,12,13). The molecule has 1 unspecified atom stereocenters. The molecule has 0 fully saturated rings. The van der Waals surface area contributed by atoms with Crippen LogP contribution >= 0.6 is 27.3 Å². The molecule has 0 aromatic carbocycles. The van der Waals surface area contributed by atoms with Gasteiger partial charge in [0.05, 0.1) is 10.4 Å². The molecule has 1 heterocycles. The summed E-state index contributed by atoms with van der Waals surface area (Å²) in [6, 6.07) is 0.434. The van der Waals surface area contributed by atoms with E-state index in [9.17, 15) is 13.2 Å². The van der Waals surface area contributed by atoms with Crippen molar-refractivity contribution >= 4 is 43.3 Å². The summed E-state index contributed by atoms with van der Waals surface area (Å²) in [6.07, 6.45) is 0. The first kappa shape index (κ1) is 14.6. The van der Waals surface area contributed by atoms with Crippen LogP contribution in [-0.4, -0.2) is 37.2 Å². The average Bonchev–Trinajstić information content (AvgIpc) is 2.60. The number of nitrogens with one attached hydrogen (secondary N) is 1. The molecule has 0 radical (unpaired) electrons. The number of aliphatic hydroxyl groups excluding tert-OH is 1. The highest BCUT2D eigenvalue weighted by Crippen LogP contribution is 2.31. The van der Waals surface area contributed by atoms with Crippen LogP contribution < -0.4 is 4.72 Å². The van der Waals surface area contributed by atoms with E-state index in [1.807, 2.05) is 0 Å². The van der Waals surface area contributed by atoms with Crippen molar-refractivity contribution in [1.82, 2.24) is 4.72 Å². The zero-order valence-electron chi connectivity index (χ0n) is 8.68. The molecule has 1 aromatic heterocycles. The molecule has 3 N–H and O–H groups in total. The minimum atomic E-state index is -3.82. The van der Waals surface area contributed by atoms with Crippen molar-refractivity contribution in [2.24, 2.45) is 0 Å². The number of sulfonamides is 1. The molecule has 0 saturated heterocycles. The van der Waals surface area contributed by atoms with Gasteiger partial charge in [-0.25, -0.2) is 17.9 Å². The zero-order chi connectivity index (χ0) is 13.2. The van der Waals surface area contributed by atoms with E-state index >= 15 is 0 Å². The molecule has 1 aromatic rings. The Bertz CT molecular complexity index is 524. The molecule has 0 aliphatic heterocycles. The van der Waals surface area contributed by atoms with Crippen molar-refractivity contribution < 1.29 is 23.4 Å². The summed E-state index contributed by atoms with van der Waals surface area (Å²) < 4.78 is 26.1. The molecule has 17 heavy (non-hydrogen) atoms. The van der Waals surface area contributed by atoms with E-state index in [0.717, 1.165) is 17.4 Å². The van der Waals surface area contributed by atoms with Crippen LogP contribution in [0.2, 0.25) is 0 Å². The first-order valence-electron chi connectivity index (χ1n) is 4.43. The summed E-state index contributed by atoms with van der Waals surface area (Å²) >= 11 is 3.83. The monoisotopic (exact) mass is 343 g/mol. The number of carbonyl (C=O) groups is 1. The Labute approximate surface area is 110 Å². The van der Waals surface area contributed by atoms with Crippen molar-refractivity contribution in [3.05, 3.63) is 14.7 Å². The smallest absolute Gasteiger partial charge is 0.345 e. The van der Waals surface area contributed by atoms with Crippen molar-refractivity contribution in [1.29, 1.82) is 0 Å². The van der Waals surface area contributed by atoms with E-state index < -0.39 is 22.0 Å². The van der Waals surface area contributed by atoms with Gasteiger partial charge in [0.1, 0.15) is 9.77 Å². The Morgan fingerprint density at radius 2 is 2.24 bits per heavy atom. The third kappa shape index (κ3) is 3.49. The van der Waals surface area contributed by atoms with Gasteiger partial charge in [-0.2, -0.15) is 0 Å². The van der Waals surface area contributed by atoms with Crippen LogP contribution in [0.1, 0.15) is 16.6 Å². The fourth-order valence-corrected chi connectivity index (χ4v) is 4.64. The van der Waals surface area contributed by atoms with Crippen LogP contribution in [0.25, 0.3) is 0 Å². The molecular formula is C8H10BrNO5S2. The molecule has 0 aliphatic rings. The molecule has 9 heteroatoms. The van der Waals surface area contributed by atoms with Crippen LogP contribution in [0.15, 0.2) is 14.7 Å². The molecule has 1 atom stereocenters. The number of aliphatic hydroxyl groups is 1. The molecule has 1 rings (SSSR count). The second-order valence-corrected chi connectivity index (χ2v) is 7.31. The molecule has 0 bridgehead atoms. The van der Waals surface area contributed by atoms with Gasteiger partial charge >= 0.3 is 5.97 Å². The molecule has 6 nitrogen and oxygen atoms in total. The van der Waals surface area contributed by atoms with Gasteiger partial charge < -0.3 is 10.2 Å². The highest BCUT2D eigenvalue weighted by molar-refractivity contribution is 9.11. The number of carboxylic acids is 1. The van der Waals surface area contributed by atoms with Crippen LogP contribution in [0.3, 0.4) is 0 Å². The number of hydrogen-bond donors (Lipinski definition) is 3. The number of carboxylic acid groups (broad SMARTS) is 1. The molecule has 0 aliphatic carbocycles. The summed E-state index contributed by atoms with van der Waals surface area (Å²) in [6.45, 7) is 1.16. The third-order valence-corrected chi connectivity index (χ3v) is 5.62. The Balaban J connectivity index is 3.11. The van der Waals surface area contributed by atoms with E-state index in [4.69, 9.17) is 10.2 Å². The average molecular weight is 344 g/mol. The lowest BCUT2D eigenvalue weighted by Gasteiger charge is -2.10. The Morgan fingerprint density at radius 3 is 2.65 bits per heavy atom. The van der Waals surface area contributed by atoms with Crippen LogP contribution in [0, 0.1) is 0 Å². The molecule has 0 spiro atoms. The lowest BCUT2D eigenvalue weighted by atomic mass is 10.4. The number of hydrogen-bond acceptors (Lipinski definition) is 5. The number of rotatable bonds is 5. The predicted octanol–water partition coefficient (Wildman–Crippen LogP) is 0.868. The van der Waals surface area contributed by atoms with Crippen molar-refractivity contribution in [2.75, 3.05) is 6.61 Å². The van der Waals surface area contributed by atoms with Crippen molar-refractivity contribution in [3.8, 4) is 0 Å². The normalized spacial score (nSPS) is 13.6. The first-order chi connectivity index (χ1) is 7.77. The minimum absolute atomic E-state index is 0.0751. The van der Waals surface area contributed by atoms with E-state index in [2.05, 4.69) is 20.7 Å². The Hall–Kier alpha value is -0.480. The number of aromatic carboxylic acids is 1. The summed E-state index contributed by atoms with van der Waals surface area (Å²) in [5, 5.41) is 17.5. The third-order valence-electron chi connectivity index (χ3n) is 1.79. The van der Waals surface area contributed by atoms with E-state index in [1.54, 1.807) is 0 Å². The Morgan fingerprint density at radius 1 is 1.65 bits per heavy atom. The minimum Gasteiger partial charge on any atom is -0.477 e. The van der Waals surface area contributed by atoms with Crippen LogP contribution in [0.5, 0.6) is 0 Å². The maximum atomic E-state index is 11.8. The lowest BCUT2D eigenvalue weighted by molar-refractivity contribution is 0.0702. The summed E-state index contributed by atoms with van der Waals surface area (Å²) in [7, 11) is -3.82. The second-order valence-electron chi connectivity index (χ2n) is 3.26. The summed E-state index contributed by atoms with van der Waals surface area (Å²) in [4.78, 5) is 10.5. The molecular weight excluding hydrogens is 334 g/mol. The summed E-state index contributed by atoms with van der Waals surface area (Å²) in [5.41, 5.74) is 0. The zero-order valence-corrected chi connectivity index (χ0v) is 11.9. The fourth-order valence-electron chi connectivity index (χ4n) is 1.01. The second kappa shape index (κ2) is 5.44. The van der Waals surface area contributed by atoms with Gasteiger partial charge in [-0.15, -0.1) is 11.3 Å². The highest BCUT2D eigenvalue weighted by Gasteiger charge is 2.24. The summed E-state index contributed by atoms with van der Waals surface area (Å²) in [5.74, 6) is -1.19. The quantitative estimate of drug-likeness (QED) is 0.735. The van der Waals surface area contributed by atoms with E-state index in [-0.39, 0.29) is 20.2 Å². The van der Waals surface area contributed by atoms with Gasteiger partial charge in [-0.3, -0.25) is 0 Å². The van der Waals surface area contributed by atoms with Gasteiger partial charge in [0.25, 0.3) is 0 Å². The number of halogens is 1. The van der Waals surface area contributed by atoms with E-state index in [0.29, 0.717) is 0 Å². The fraction of sp³-hybridized carbons (Fsp3) is 0.375. The van der Waals surface area contributed by atoms with Crippen LogP contribution in [-0.2, 0) is 10.0 Å². The van der Waals surface area contributed by atoms with E-state index in [1.165, 1.54) is 6.92 Å². The van der Waals surface area contributed by atoms with Gasteiger partial charge in [-0.1, -0.05) is 0 Å². The van der Waals surface area contributed by atoms with Crippen LogP contribution in [0.4, 0.5) is 0 Å². The topological polar surface area (TPSA) is 104 Å². The maximum Gasteiger partial charge on any atom is 0.345 e. The molecule has 96 valence electrons. The van der Waals surface area contributed by atoms with Crippen molar-refractivity contribution in [2.45, 2.75) is 17.9 Å². The van der Waals surface area contributed by atoms with Gasteiger partial charge in [-0.05, 0) is 28.9 Å². The first-order valence-corrected chi connectivity index (χ1v) is 7.53. The molecule has 0 amide bonds. The van der Waals surface area contributed by atoms with Gasteiger partial charge in [0, 0.05) is 6.04 Å². The SMILES string of the molecule is CC(CO)NS(=O)(=O)c1cc(C(=O)O)sc1Br. The largest absolute Gasteiger partial charge is 0.477 e. The van der Waals surface area contributed by atoms with Gasteiger partial charge in [0.15, 0.2) is 0 Å². The van der Waals surface area contributed by atoms with Gasteiger partial charge in [0.2, 0.25) is 10.0 Å². The lowest BCUT2D eigenvalue weighted by Crippen LogP contribution is -2.34.